The summed E-state index contributed by atoms with van der Waals surface area (Å²) >= 11 is 0. The fourth-order valence-electron chi connectivity index (χ4n) is 1.86. The highest BCUT2D eigenvalue weighted by Gasteiger charge is 2.02. The van der Waals surface area contributed by atoms with Gasteiger partial charge in [-0.05, 0) is 11.6 Å². The van der Waals surface area contributed by atoms with Crippen molar-refractivity contribution in [3.05, 3.63) is 0 Å². The SMILES string of the molecule is CCCCCCCCCCCCOC(=O)ON=C(N)N. The molecule has 0 heterocycles. The van der Waals surface area contributed by atoms with E-state index in [2.05, 4.69) is 16.9 Å². The molecule has 0 aromatic heterocycles. The summed E-state index contributed by atoms with van der Waals surface area (Å²) in [7, 11) is 0. The van der Waals surface area contributed by atoms with E-state index in [0.717, 1.165) is 12.8 Å². The molecular weight excluding hydrogens is 258 g/mol. The third-order valence-electron chi connectivity index (χ3n) is 2.94. The summed E-state index contributed by atoms with van der Waals surface area (Å²) in [6.45, 7) is 2.57. The maximum absolute atomic E-state index is 10.9. The fraction of sp³-hybridized carbons (Fsp3) is 0.857. The Morgan fingerprint density at radius 1 is 0.900 bits per heavy atom. The molecule has 0 rings (SSSR count). The molecule has 0 aromatic carbocycles. The first kappa shape index (κ1) is 18.5. The van der Waals surface area contributed by atoms with E-state index in [1.807, 2.05) is 0 Å². The number of ether oxygens (including phenoxy) is 1. The molecule has 4 N–H and O–H groups in total. The molecule has 0 bridgehead atoms. The molecule has 6 nitrogen and oxygen atoms in total. The van der Waals surface area contributed by atoms with Gasteiger partial charge in [0, 0.05) is 0 Å². The van der Waals surface area contributed by atoms with Crippen molar-refractivity contribution in [2.75, 3.05) is 6.61 Å². The summed E-state index contributed by atoms with van der Waals surface area (Å²) in [5.74, 6) is -0.305. The topological polar surface area (TPSA) is 99.9 Å². The van der Waals surface area contributed by atoms with Gasteiger partial charge in [0.25, 0.3) is 0 Å². The van der Waals surface area contributed by atoms with Crippen LogP contribution in [-0.2, 0) is 9.57 Å². The van der Waals surface area contributed by atoms with Gasteiger partial charge in [-0.25, -0.2) is 4.79 Å². The van der Waals surface area contributed by atoms with Crippen LogP contribution in [0.4, 0.5) is 4.79 Å². The number of hydrogen-bond acceptors (Lipinski definition) is 4. The molecule has 0 aliphatic carbocycles. The lowest BCUT2D eigenvalue weighted by Gasteiger charge is -2.03. The highest BCUT2D eigenvalue weighted by atomic mass is 16.8. The summed E-state index contributed by atoms with van der Waals surface area (Å²) in [5.41, 5.74) is 9.99. The molecule has 0 aliphatic rings. The van der Waals surface area contributed by atoms with E-state index < -0.39 is 6.16 Å². The number of unbranched alkanes of at least 4 members (excludes halogenated alkanes) is 9. The van der Waals surface area contributed by atoms with Gasteiger partial charge in [0.05, 0.1) is 6.61 Å². The number of guanidine groups is 1. The van der Waals surface area contributed by atoms with Gasteiger partial charge >= 0.3 is 6.16 Å². The monoisotopic (exact) mass is 287 g/mol. The van der Waals surface area contributed by atoms with Crippen LogP contribution in [0.25, 0.3) is 0 Å². The van der Waals surface area contributed by atoms with Crippen molar-refractivity contribution < 1.29 is 14.4 Å². The van der Waals surface area contributed by atoms with Crippen LogP contribution in [0, 0.1) is 0 Å². The molecule has 6 heteroatoms. The average molecular weight is 287 g/mol. The van der Waals surface area contributed by atoms with Crippen molar-refractivity contribution in [1.82, 2.24) is 0 Å². The lowest BCUT2D eigenvalue weighted by Crippen LogP contribution is -2.23. The third kappa shape index (κ3) is 14.6. The largest absolute Gasteiger partial charge is 0.535 e. The van der Waals surface area contributed by atoms with Gasteiger partial charge in [0.15, 0.2) is 0 Å². The van der Waals surface area contributed by atoms with Crippen molar-refractivity contribution in [1.29, 1.82) is 0 Å². The first-order chi connectivity index (χ1) is 9.66. The maximum atomic E-state index is 10.9. The minimum atomic E-state index is -0.866. The molecule has 0 aromatic rings. The molecule has 0 amide bonds. The zero-order valence-electron chi connectivity index (χ0n) is 12.6. The molecule has 0 fully saturated rings. The molecular formula is C14H29N3O3. The molecule has 0 saturated heterocycles. The standard InChI is InChI=1S/C14H29N3O3/c1-2-3-4-5-6-7-8-9-10-11-12-19-14(18)20-17-13(15)16/h2-12H2,1H3,(H4,15,16,17). The highest BCUT2D eigenvalue weighted by molar-refractivity contribution is 5.75. The second kappa shape index (κ2) is 14.0. The smallest absolute Gasteiger partial charge is 0.433 e. The van der Waals surface area contributed by atoms with Gasteiger partial charge in [-0.1, -0.05) is 64.7 Å². The van der Waals surface area contributed by atoms with Gasteiger partial charge < -0.3 is 16.2 Å². The number of carbonyl (C=O) groups excluding carboxylic acids is 1. The Morgan fingerprint density at radius 2 is 1.40 bits per heavy atom. The van der Waals surface area contributed by atoms with Crippen molar-refractivity contribution >= 4 is 12.1 Å². The quantitative estimate of drug-likeness (QED) is 0.143. The second-order valence-corrected chi connectivity index (χ2v) is 4.89. The zero-order chi connectivity index (χ0) is 15.1. The van der Waals surface area contributed by atoms with Crippen molar-refractivity contribution in [2.24, 2.45) is 16.6 Å². The van der Waals surface area contributed by atoms with Crippen molar-refractivity contribution in [3.8, 4) is 0 Å². The Morgan fingerprint density at radius 3 is 1.90 bits per heavy atom. The van der Waals surface area contributed by atoms with Crippen LogP contribution >= 0.6 is 0 Å². The molecule has 0 unspecified atom stereocenters. The zero-order valence-corrected chi connectivity index (χ0v) is 12.6. The summed E-state index contributed by atoms with van der Waals surface area (Å²) in [5, 5.41) is 3.09. The molecule has 118 valence electrons. The Hall–Kier alpha value is -1.46. The number of rotatable bonds is 12. The van der Waals surface area contributed by atoms with Crippen LogP contribution in [0.3, 0.4) is 0 Å². The van der Waals surface area contributed by atoms with Crippen LogP contribution in [0.2, 0.25) is 0 Å². The lowest BCUT2D eigenvalue weighted by atomic mass is 10.1. The first-order valence-electron chi connectivity index (χ1n) is 7.59. The van der Waals surface area contributed by atoms with Crippen LogP contribution < -0.4 is 11.5 Å². The van der Waals surface area contributed by atoms with Crippen molar-refractivity contribution in [3.63, 3.8) is 0 Å². The van der Waals surface area contributed by atoms with Crippen LogP contribution in [0.5, 0.6) is 0 Å². The van der Waals surface area contributed by atoms with Crippen molar-refractivity contribution in [2.45, 2.75) is 71.1 Å². The van der Waals surface area contributed by atoms with E-state index in [1.165, 1.54) is 51.4 Å². The summed E-state index contributed by atoms with van der Waals surface area (Å²) in [4.78, 5) is 15.2. The van der Waals surface area contributed by atoms with E-state index in [4.69, 9.17) is 16.2 Å². The summed E-state index contributed by atoms with van der Waals surface area (Å²) in [6, 6.07) is 0. The van der Waals surface area contributed by atoms with E-state index in [0.29, 0.717) is 6.61 Å². The van der Waals surface area contributed by atoms with Crippen LogP contribution in [0.15, 0.2) is 5.16 Å². The molecule has 0 saturated carbocycles. The van der Waals surface area contributed by atoms with Gasteiger partial charge in [-0.3, -0.25) is 4.84 Å². The predicted molar refractivity (Wildman–Crippen MR) is 80.1 cm³/mol. The second-order valence-electron chi connectivity index (χ2n) is 4.89. The third-order valence-corrected chi connectivity index (χ3v) is 2.94. The first-order valence-corrected chi connectivity index (χ1v) is 7.59. The van der Waals surface area contributed by atoms with E-state index in [9.17, 15) is 4.79 Å². The Kier molecular flexibility index (Phi) is 12.9. The normalized spacial score (nSPS) is 10.1. The molecule has 0 atom stereocenters. The number of oxime groups is 1. The molecule has 0 radical (unpaired) electrons. The molecule has 0 aliphatic heterocycles. The minimum absolute atomic E-state index is 0.305. The number of carbonyl (C=O) groups is 1. The van der Waals surface area contributed by atoms with E-state index >= 15 is 0 Å². The predicted octanol–water partition coefficient (Wildman–Crippen LogP) is 3.25. The van der Waals surface area contributed by atoms with Gasteiger partial charge in [0.1, 0.15) is 0 Å². The summed E-state index contributed by atoms with van der Waals surface area (Å²) < 4.78 is 4.79. The average Bonchev–Trinajstić information content (AvgIpc) is 2.42. The highest BCUT2D eigenvalue weighted by Crippen LogP contribution is 2.10. The Balaban J connectivity index is 3.16. The number of nitrogens with two attached hydrogens (primary N) is 2. The maximum Gasteiger partial charge on any atom is 0.535 e. The number of hydrogen-bond donors (Lipinski definition) is 2. The minimum Gasteiger partial charge on any atom is -0.433 e. The number of nitrogens with zero attached hydrogens (tertiary/aromatic N) is 1. The Bertz CT molecular complexity index is 266. The summed E-state index contributed by atoms with van der Waals surface area (Å²) in [6.07, 6.45) is 11.5. The molecule has 0 spiro atoms. The van der Waals surface area contributed by atoms with E-state index in [-0.39, 0.29) is 5.96 Å². The molecule has 20 heavy (non-hydrogen) atoms. The van der Waals surface area contributed by atoms with Crippen LogP contribution in [0.1, 0.15) is 71.1 Å². The lowest BCUT2D eigenvalue weighted by molar-refractivity contribution is 0.0559. The van der Waals surface area contributed by atoms with Gasteiger partial charge in [-0.2, -0.15) is 0 Å². The van der Waals surface area contributed by atoms with Crippen LogP contribution in [-0.4, -0.2) is 18.7 Å². The van der Waals surface area contributed by atoms with E-state index in [1.54, 1.807) is 0 Å². The van der Waals surface area contributed by atoms with Gasteiger partial charge in [0.2, 0.25) is 5.96 Å². The fourth-order valence-corrected chi connectivity index (χ4v) is 1.86. The van der Waals surface area contributed by atoms with Gasteiger partial charge in [-0.15, -0.1) is 0 Å². The Labute approximate surface area is 121 Å².